The van der Waals surface area contributed by atoms with Gasteiger partial charge in [0.1, 0.15) is 5.82 Å². The third kappa shape index (κ3) is 1.07. The zero-order chi connectivity index (χ0) is 7.56. The first kappa shape index (κ1) is 6.99. The van der Waals surface area contributed by atoms with Gasteiger partial charge in [0.2, 0.25) is 0 Å². The van der Waals surface area contributed by atoms with Gasteiger partial charge < -0.3 is 5.32 Å². The van der Waals surface area contributed by atoms with Gasteiger partial charge in [-0.2, -0.15) is 0 Å². The first-order valence-corrected chi connectivity index (χ1v) is 3.03. The van der Waals surface area contributed by atoms with Gasteiger partial charge in [0.15, 0.2) is 0 Å². The SMILES string of the molecule is CNc1cncc(F)c1C. The molecule has 0 atom stereocenters. The summed E-state index contributed by atoms with van der Waals surface area (Å²) in [5.41, 5.74) is 1.34. The predicted octanol–water partition coefficient (Wildman–Crippen LogP) is 1.57. The van der Waals surface area contributed by atoms with E-state index in [1.54, 1.807) is 20.2 Å². The van der Waals surface area contributed by atoms with Gasteiger partial charge in [-0.15, -0.1) is 0 Å². The van der Waals surface area contributed by atoms with Crippen molar-refractivity contribution in [3.63, 3.8) is 0 Å². The number of hydrogen-bond acceptors (Lipinski definition) is 2. The second-order valence-electron chi connectivity index (χ2n) is 2.04. The number of anilines is 1. The first-order valence-electron chi connectivity index (χ1n) is 3.03. The molecule has 0 aliphatic rings. The highest BCUT2D eigenvalue weighted by Crippen LogP contribution is 2.13. The Balaban J connectivity index is 3.14. The monoisotopic (exact) mass is 140 g/mol. The minimum atomic E-state index is -0.271. The molecule has 0 aliphatic heterocycles. The van der Waals surface area contributed by atoms with E-state index in [-0.39, 0.29) is 5.82 Å². The Hall–Kier alpha value is -1.12. The fourth-order valence-corrected chi connectivity index (χ4v) is 0.752. The number of aromatic nitrogens is 1. The van der Waals surface area contributed by atoms with Crippen molar-refractivity contribution in [2.75, 3.05) is 12.4 Å². The molecule has 0 aromatic carbocycles. The van der Waals surface area contributed by atoms with Crippen molar-refractivity contribution >= 4 is 5.69 Å². The largest absolute Gasteiger partial charge is 0.387 e. The van der Waals surface area contributed by atoms with Gasteiger partial charge in [0.05, 0.1) is 18.1 Å². The summed E-state index contributed by atoms with van der Waals surface area (Å²) in [5.74, 6) is -0.271. The molecule has 10 heavy (non-hydrogen) atoms. The summed E-state index contributed by atoms with van der Waals surface area (Å²) < 4.78 is 12.7. The minimum Gasteiger partial charge on any atom is -0.387 e. The molecule has 0 bridgehead atoms. The second-order valence-corrected chi connectivity index (χ2v) is 2.04. The van der Waals surface area contributed by atoms with E-state index in [1.807, 2.05) is 0 Å². The number of pyridine rings is 1. The third-order valence-corrected chi connectivity index (χ3v) is 1.42. The summed E-state index contributed by atoms with van der Waals surface area (Å²) in [5, 5.41) is 2.83. The molecule has 0 amide bonds. The molecule has 1 aromatic heterocycles. The molecule has 1 rings (SSSR count). The quantitative estimate of drug-likeness (QED) is 0.640. The van der Waals surface area contributed by atoms with Gasteiger partial charge >= 0.3 is 0 Å². The van der Waals surface area contributed by atoms with Crippen LogP contribution < -0.4 is 5.32 Å². The van der Waals surface area contributed by atoms with Crippen LogP contribution in [0.5, 0.6) is 0 Å². The first-order chi connectivity index (χ1) is 4.75. The van der Waals surface area contributed by atoms with E-state index in [4.69, 9.17) is 0 Å². The van der Waals surface area contributed by atoms with Crippen molar-refractivity contribution in [1.82, 2.24) is 4.98 Å². The highest BCUT2D eigenvalue weighted by atomic mass is 19.1. The Morgan fingerprint density at radius 1 is 1.50 bits per heavy atom. The van der Waals surface area contributed by atoms with Crippen LogP contribution in [0.15, 0.2) is 12.4 Å². The van der Waals surface area contributed by atoms with Gasteiger partial charge in [0, 0.05) is 12.6 Å². The van der Waals surface area contributed by atoms with E-state index in [0.29, 0.717) is 5.56 Å². The number of nitrogens with zero attached hydrogens (tertiary/aromatic N) is 1. The summed E-state index contributed by atoms with van der Waals surface area (Å²) in [6.45, 7) is 1.71. The zero-order valence-electron chi connectivity index (χ0n) is 5.98. The lowest BCUT2D eigenvalue weighted by atomic mass is 10.2. The van der Waals surface area contributed by atoms with E-state index < -0.39 is 0 Å². The van der Waals surface area contributed by atoms with Gasteiger partial charge in [-0.1, -0.05) is 0 Å². The maximum atomic E-state index is 12.7. The van der Waals surface area contributed by atoms with Crippen LogP contribution >= 0.6 is 0 Å². The fraction of sp³-hybridized carbons (Fsp3) is 0.286. The fourth-order valence-electron chi connectivity index (χ4n) is 0.752. The number of hydrogen-bond donors (Lipinski definition) is 1. The third-order valence-electron chi connectivity index (χ3n) is 1.42. The molecule has 0 fully saturated rings. The Morgan fingerprint density at radius 2 is 2.20 bits per heavy atom. The summed E-state index contributed by atoms with van der Waals surface area (Å²) >= 11 is 0. The molecule has 1 N–H and O–H groups in total. The molecule has 3 heteroatoms. The lowest BCUT2D eigenvalue weighted by molar-refractivity contribution is 0.613. The van der Waals surface area contributed by atoms with E-state index in [9.17, 15) is 4.39 Å². The molecule has 2 nitrogen and oxygen atoms in total. The Kier molecular flexibility index (Phi) is 1.85. The molecule has 1 heterocycles. The van der Waals surface area contributed by atoms with Gasteiger partial charge in [-0.25, -0.2) is 4.39 Å². The molecule has 54 valence electrons. The maximum absolute atomic E-state index is 12.7. The smallest absolute Gasteiger partial charge is 0.146 e. The van der Waals surface area contributed by atoms with Gasteiger partial charge in [-0.3, -0.25) is 4.98 Å². The van der Waals surface area contributed by atoms with Crippen LogP contribution in [0.25, 0.3) is 0 Å². The standard InChI is InChI=1S/C7H9FN2/c1-5-6(8)3-10-4-7(5)9-2/h3-4,9H,1-2H3. The molecular weight excluding hydrogens is 131 g/mol. The van der Waals surface area contributed by atoms with Crippen molar-refractivity contribution in [2.24, 2.45) is 0 Å². The highest BCUT2D eigenvalue weighted by molar-refractivity contribution is 5.47. The zero-order valence-corrected chi connectivity index (χ0v) is 5.98. The van der Waals surface area contributed by atoms with E-state index >= 15 is 0 Å². The van der Waals surface area contributed by atoms with Crippen LogP contribution in [0.1, 0.15) is 5.56 Å². The van der Waals surface area contributed by atoms with Gasteiger partial charge in [0.25, 0.3) is 0 Å². The predicted molar refractivity (Wildman–Crippen MR) is 38.5 cm³/mol. The minimum absolute atomic E-state index is 0.271. The average molecular weight is 140 g/mol. The summed E-state index contributed by atoms with van der Waals surface area (Å²) in [6.07, 6.45) is 2.80. The Bertz CT molecular complexity index is 235. The van der Waals surface area contributed by atoms with Crippen LogP contribution in [0.2, 0.25) is 0 Å². The average Bonchev–Trinajstić information content (AvgIpc) is 1.95. The molecule has 0 radical (unpaired) electrons. The Labute approximate surface area is 59.1 Å². The van der Waals surface area contributed by atoms with E-state index in [1.165, 1.54) is 6.20 Å². The van der Waals surface area contributed by atoms with Crippen LogP contribution in [-0.4, -0.2) is 12.0 Å². The van der Waals surface area contributed by atoms with Crippen molar-refractivity contribution < 1.29 is 4.39 Å². The van der Waals surface area contributed by atoms with Crippen molar-refractivity contribution in [3.8, 4) is 0 Å². The lowest BCUT2D eigenvalue weighted by Crippen LogP contribution is -1.94. The molecule has 0 aliphatic carbocycles. The number of rotatable bonds is 1. The number of halogens is 1. The van der Waals surface area contributed by atoms with Crippen molar-refractivity contribution in [1.29, 1.82) is 0 Å². The van der Waals surface area contributed by atoms with Crippen LogP contribution in [0.3, 0.4) is 0 Å². The van der Waals surface area contributed by atoms with Crippen molar-refractivity contribution in [3.05, 3.63) is 23.8 Å². The summed E-state index contributed by atoms with van der Waals surface area (Å²) in [7, 11) is 1.74. The molecule has 0 saturated carbocycles. The van der Waals surface area contributed by atoms with Crippen molar-refractivity contribution in [2.45, 2.75) is 6.92 Å². The topological polar surface area (TPSA) is 24.9 Å². The summed E-state index contributed by atoms with van der Waals surface area (Å²) in [6, 6.07) is 0. The number of nitrogens with one attached hydrogen (secondary N) is 1. The lowest BCUT2D eigenvalue weighted by Gasteiger charge is -2.02. The van der Waals surface area contributed by atoms with Crippen LogP contribution in [0.4, 0.5) is 10.1 Å². The Morgan fingerprint density at radius 3 is 2.70 bits per heavy atom. The highest BCUT2D eigenvalue weighted by Gasteiger charge is 2.00. The summed E-state index contributed by atoms with van der Waals surface area (Å²) in [4.78, 5) is 3.68. The maximum Gasteiger partial charge on any atom is 0.146 e. The molecule has 0 spiro atoms. The van der Waals surface area contributed by atoms with Crippen LogP contribution in [-0.2, 0) is 0 Å². The second kappa shape index (κ2) is 2.64. The molecule has 1 aromatic rings. The van der Waals surface area contributed by atoms with E-state index in [0.717, 1.165) is 5.69 Å². The van der Waals surface area contributed by atoms with Gasteiger partial charge in [-0.05, 0) is 6.92 Å². The van der Waals surface area contributed by atoms with Crippen LogP contribution in [0, 0.1) is 12.7 Å². The normalized spacial score (nSPS) is 9.50. The molecule has 0 unspecified atom stereocenters. The molecular formula is C7H9FN2. The van der Waals surface area contributed by atoms with E-state index in [2.05, 4.69) is 10.3 Å². The molecule has 0 saturated heterocycles.